The third kappa shape index (κ3) is 3.68. The number of nitrogens with one attached hydrogen (secondary N) is 1. The van der Waals surface area contributed by atoms with Gasteiger partial charge in [0.05, 0.1) is 12.3 Å². The van der Waals surface area contributed by atoms with Crippen molar-refractivity contribution in [3.05, 3.63) is 29.6 Å². The highest BCUT2D eigenvalue weighted by Gasteiger charge is 2.18. The number of methoxy groups -OCH3 is 1. The second-order valence-corrected chi connectivity index (χ2v) is 4.56. The molecule has 0 atom stereocenters. The van der Waals surface area contributed by atoms with Gasteiger partial charge in [0.25, 0.3) is 0 Å². The fourth-order valence-corrected chi connectivity index (χ4v) is 2.03. The van der Waals surface area contributed by atoms with Gasteiger partial charge in [0.15, 0.2) is 0 Å². The Morgan fingerprint density at radius 2 is 2.11 bits per heavy atom. The molecule has 0 aliphatic rings. The summed E-state index contributed by atoms with van der Waals surface area (Å²) in [6.07, 6.45) is 0. The lowest BCUT2D eigenvalue weighted by Gasteiger charge is -2.31. The van der Waals surface area contributed by atoms with Gasteiger partial charge in [0, 0.05) is 26.2 Å². The maximum Gasteiger partial charge on any atom is 0.146 e. The Bertz CT molecular complexity index is 369. The van der Waals surface area contributed by atoms with Crippen LogP contribution in [0.4, 0.5) is 10.1 Å². The molecule has 0 spiro atoms. The zero-order valence-corrected chi connectivity index (χ0v) is 11.7. The summed E-state index contributed by atoms with van der Waals surface area (Å²) in [6.45, 7) is 6.05. The molecule has 18 heavy (non-hydrogen) atoms. The summed E-state index contributed by atoms with van der Waals surface area (Å²) in [7, 11) is 3.53. The molecule has 0 saturated carbocycles. The van der Waals surface area contributed by atoms with Crippen LogP contribution in [0.25, 0.3) is 0 Å². The molecular weight excluding hydrogens is 231 g/mol. The summed E-state index contributed by atoms with van der Waals surface area (Å²) in [5.41, 5.74) is 1.65. The van der Waals surface area contributed by atoms with E-state index in [9.17, 15) is 4.39 Å². The molecule has 0 aliphatic heterocycles. The normalized spacial score (nSPS) is 11.0. The average Bonchev–Trinajstić information content (AvgIpc) is 2.32. The number of benzene rings is 1. The number of ether oxygens (including phenoxy) is 1. The highest BCUT2D eigenvalue weighted by atomic mass is 19.1. The van der Waals surface area contributed by atoms with E-state index in [2.05, 4.69) is 19.2 Å². The third-order valence-corrected chi connectivity index (χ3v) is 2.88. The smallest absolute Gasteiger partial charge is 0.146 e. The first kappa shape index (κ1) is 14.9. The molecule has 0 radical (unpaired) electrons. The van der Waals surface area contributed by atoms with Crippen LogP contribution in [-0.4, -0.2) is 33.4 Å². The topological polar surface area (TPSA) is 24.5 Å². The van der Waals surface area contributed by atoms with Crippen LogP contribution in [0.15, 0.2) is 18.2 Å². The monoisotopic (exact) mass is 254 g/mol. The maximum atomic E-state index is 14.1. The van der Waals surface area contributed by atoms with E-state index in [1.165, 1.54) is 6.07 Å². The molecule has 3 nitrogen and oxygen atoms in total. The first-order valence-corrected chi connectivity index (χ1v) is 6.29. The van der Waals surface area contributed by atoms with Crippen molar-refractivity contribution in [2.24, 2.45) is 0 Å². The number of rotatable bonds is 7. The number of para-hydroxylation sites is 1. The van der Waals surface area contributed by atoms with Crippen molar-refractivity contribution in [1.82, 2.24) is 5.32 Å². The zero-order chi connectivity index (χ0) is 13.5. The standard InChI is InChI=1S/C14H23FN2O/c1-11(2)17(8-9-18-4)14-12(10-16-3)6-5-7-13(14)15/h5-7,11,16H,8-10H2,1-4H3. The summed E-state index contributed by atoms with van der Waals surface area (Å²) >= 11 is 0. The van der Waals surface area contributed by atoms with Crippen LogP contribution in [0.3, 0.4) is 0 Å². The molecule has 0 saturated heterocycles. The molecule has 1 aromatic rings. The predicted molar refractivity (Wildman–Crippen MR) is 73.5 cm³/mol. The van der Waals surface area contributed by atoms with Crippen molar-refractivity contribution in [3.8, 4) is 0 Å². The van der Waals surface area contributed by atoms with Crippen molar-refractivity contribution < 1.29 is 9.13 Å². The van der Waals surface area contributed by atoms with E-state index in [0.717, 1.165) is 5.56 Å². The molecule has 0 unspecified atom stereocenters. The molecule has 0 aliphatic carbocycles. The molecular formula is C14H23FN2O. The predicted octanol–water partition coefficient (Wildman–Crippen LogP) is 2.41. The van der Waals surface area contributed by atoms with E-state index in [-0.39, 0.29) is 11.9 Å². The second kappa shape index (κ2) is 7.34. The summed E-state index contributed by atoms with van der Waals surface area (Å²) in [5, 5.41) is 3.08. The van der Waals surface area contributed by atoms with Crippen LogP contribution >= 0.6 is 0 Å². The van der Waals surface area contributed by atoms with Gasteiger partial charge in [-0.1, -0.05) is 12.1 Å². The fraction of sp³-hybridized carbons (Fsp3) is 0.571. The summed E-state index contributed by atoms with van der Waals surface area (Å²) < 4.78 is 19.2. The van der Waals surface area contributed by atoms with Crippen LogP contribution in [0.5, 0.6) is 0 Å². The Morgan fingerprint density at radius 1 is 1.39 bits per heavy atom. The molecule has 1 rings (SSSR count). The molecule has 0 fully saturated rings. The number of halogens is 1. The van der Waals surface area contributed by atoms with Gasteiger partial charge < -0.3 is 15.0 Å². The molecule has 0 amide bonds. The molecule has 102 valence electrons. The third-order valence-electron chi connectivity index (χ3n) is 2.88. The Kier molecular flexibility index (Phi) is 6.09. The minimum absolute atomic E-state index is 0.174. The van der Waals surface area contributed by atoms with Crippen molar-refractivity contribution in [2.75, 3.05) is 32.2 Å². The Balaban J connectivity index is 3.08. The van der Waals surface area contributed by atoms with Gasteiger partial charge in [-0.2, -0.15) is 0 Å². The van der Waals surface area contributed by atoms with E-state index < -0.39 is 0 Å². The van der Waals surface area contributed by atoms with Gasteiger partial charge in [-0.15, -0.1) is 0 Å². The lowest BCUT2D eigenvalue weighted by atomic mass is 10.1. The van der Waals surface area contributed by atoms with E-state index in [0.29, 0.717) is 25.4 Å². The van der Waals surface area contributed by atoms with Crippen molar-refractivity contribution in [3.63, 3.8) is 0 Å². The quantitative estimate of drug-likeness (QED) is 0.808. The summed E-state index contributed by atoms with van der Waals surface area (Å²) in [5.74, 6) is -0.174. The molecule has 1 aromatic carbocycles. The minimum Gasteiger partial charge on any atom is -0.383 e. The lowest BCUT2D eigenvalue weighted by molar-refractivity contribution is 0.203. The largest absolute Gasteiger partial charge is 0.383 e. The molecule has 0 bridgehead atoms. The van der Waals surface area contributed by atoms with E-state index in [1.54, 1.807) is 13.2 Å². The second-order valence-electron chi connectivity index (χ2n) is 4.56. The number of nitrogens with zero attached hydrogens (tertiary/aromatic N) is 1. The highest BCUT2D eigenvalue weighted by molar-refractivity contribution is 5.55. The van der Waals surface area contributed by atoms with Crippen LogP contribution in [0.1, 0.15) is 19.4 Å². The summed E-state index contributed by atoms with van der Waals surface area (Å²) in [6, 6.07) is 5.45. The Hall–Kier alpha value is -1.13. The molecule has 0 aromatic heterocycles. The summed E-state index contributed by atoms with van der Waals surface area (Å²) in [4.78, 5) is 2.05. The minimum atomic E-state index is -0.174. The number of anilines is 1. The van der Waals surface area contributed by atoms with Gasteiger partial charge in [-0.05, 0) is 32.5 Å². The number of hydrogen-bond acceptors (Lipinski definition) is 3. The molecule has 1 N–H and O–H groups in total. The first-order valence-electron chi connectivity index (χ1n) is 6.29. The average molecular weight is 254 g/mol. The van der Waals surface area contributed by atoms with Crippen LogP contribution in [0.2, 0.25) is 0 Å². The van der Waals surface area contributed by atoms with Crippen LogP contribution in [0, 0.1) is 5.82 Å². The SMILES string of the molecule is CNCc1cccc(F)c1N(CCOC)C(C)C. The van der Waals surface area contributed by atoms with Crippen molar-refractivity contribution in [2.45, 2.75) is 26.4 Å². The highest BCUT2D eigenvalue weighted by Crippen LogP contribution is 2.26. The molecule has 0 heterocycles. The lowest BCUT2D eigenvalue weighted by Crippen LogP contribution is -2.35. The fourth-order valence-electron chi connectivity index (χ4n) is 2.03. The van der Waals surface area contributed by atoms with Crippen LogP contribution < -0.4 is 10.2 Å². The Labute approximate surface area is 109 Å². The van der Waals surface area contributed by atoms with Crippen molar-refractivity contribution >= 4 is 5.69 Å². The van der Waals surface area contributed by atoms with Gasteiger partial charge in [-0.3, -0.25) is 0 Å². The van der Waals surface area contributed by atoms with Gasteiger partial charge in [0.1, 0.15) is 5.82 Å². The maximum absolute atomic E-state index is 14.1. The van der Waals surface area contributed by atoms with E-state index in [4.69, 9.17) is 4.74 Å². The molecule has 4 heteroatoms. The van der Waals surface area contributed by atoms with E-state index in [1.807, 2.05) is 18.0 Å². The van der Waals surface area contributed by atoms with Crippen molar-refractivity contribution in [1.29, 1.82) is 0 Å². The zero-order valence-electron chi connectivity index (χ0n) is 11.7. The van der Waals surface area contributed by atoms with Gasteiger partial charge in [-0.25, -0.2) is 4.39 Å². The first-order chi connectivity index (χ1) is 8.61. The van der Waals surface area contributed by atoms with Gasteiger partial charge in [0.2, 0.25) is 0 Å². The van der Waals surface area contributed by atoms with Crippen LogP contribution in [-0.2, 0) is 11.3 Å². The van der Waals surface area contributed by atoms with E-state index >= 15 is 0 Å². The number of hydrogen-bond donors (Lipinski definition) is 1. The Morgan fingerprint density at radius 3 is 2.67 bits per heavy atom. The van der Waals surface area contributed by atoms with Gasteiger partial charge >= 0.3 is 0 Å².